The van der Waals surface area contributed by atoms with Gasteiger partial charge in [0, 0.05) is 44.3 Å². The molecule has 0 bridgehead atoms. The Morgan fingerprint density at radius 1 is 1.08 bits per heavy atom. The molecule has 2 aromatic carbocycles. The van der Waals surface area contributed by atoms with Crippen molar-refractivity contribution in [2.75, 3.05) is 49.5 Å². The summed E-state index contributed by atoms with van der Waals surface area (Å²) in [5.74, 6) is 0.131. The number of methoxy groups -OCH3 is 1. The molecule has 1 aliphatic rings. The van der Waals surface area contributed by atoms with Crippen LogP contribution >= 0.6 is 0 Å². The standard InChI is InChI=1S/C26H30FN8O/c1-32(2)23-15-19(14-20(27)16-23)25-8-11-28-26(31-25)30-21-4-6-22(7-5-21)35-18-34(17-29-35)33-12-9-24(36-3)10-13-33/h4-8,11,14-18,24H,9-10,12-13H2,1-3H3,(H,28,30,31)/q+1. The van der Waals surface area contributed by atoms with Gasteiger partial charge in [-0.25, -0.2) is 19.4 Å². The van der Waals surface area contributed by atoms with E-state index in [2.05, 4.69) is 25.4 Å². The van der Waals surface area contributed by atoms with Crippen LogP contribution in [0.4, 0.5) is 21.7 Å². The van der Waals surface area contributed by atoms with Crippen molar-refractivity contribution in [2.24, 2.45) is 0 Å². The lowest BCUT2D eigenvalue weighted by molar-refractivity contribution is -0.657. The number of hydrogen-bond donors (Lipinski definition) is 1. The largest absolute Gasteiger partial charge is 0.381 e. The third-order valence-electron chi connectivity index (χ3n) is 6.34. The van der Waals surface area contributed by atoms with Gasteiger partial charge in [0.05, 0.1) is 24.9 Å². The molecule has 0 unspecified atom stereocenters. The molecule has 0 amide bonds. The monoisotopic (exact) mass is 489 g/mol. The minimum atomic E-state index is -0.306. The quantitative estimate of drug-likeness (QED) is 0.399. The first-order valence-electron chi connectivity index (χ1n) is 11.9. The van der Waals surface area contributed by atoms with Crippen molar-refractivity contribution in [2.45, 2.75) is 18.9 Å². The maximum Gasteiger partial charge on any atom is 0.295 e. The lowest BCUT2D eigenvalue weighted by Crippen LogP contribution is -2.44. The Hall–Kier alpha value is -4.05. The van der Waals surface area contributed by atoms with Crippen LogP contribution in [0.1, 0.15) is 12.8 Å². The average Bonchev–Trinajstić information content (AvgIpc) is 3.39. The van der Waals surface area contributed by atoms with Crippen LogP contribution in [0.15, 0.2) is 67.4 Å². The van der Waals surface area contributed by atoms with Crippen molar-refractivity contribution in [1.29, 1.82) is 0 Å². The van der Waals surface area contributed by atoms with E-state index in [0.717, 1.165) is 43.0 Å². The molecule has 4 aromatic rings. The van der Waals surface area contributed by atoms with E-state index in [4.69, 9.17) is 4.74 Å². The van der Waals surface area contributed by atoms with Crippen LogP contribution in [0, 0.1) is 5.82 Å². The number of piperidine rings is 1. The van der Waals surface area contributed by atoms with Crippen LogP contribution in [0.5, 0.6) is 0 Å². The number of nitrogens with zero attached hydrogens (tertiary/aromatic N) is 7. The predicted molar refractivity (Wildman–Crippen MR) is 137 cm³/mol. The van der Waals surface area contributed by atoms with Crippen molar-refractivity contribution in [3.05, 3.63) is 73.2 Å². The fourth-order valence-electron chi connectivity index (χ4n) is 4.25. The van der Waals surface area contributed by atoms with Crippen LogP contribution in [0.25, 0.3) is 16.9 Å². The van der Waals surface area contributed by atoms with Crippen LogP contribution in [-0.2, 0) is 4.74 Å². The van der Waals surface area contributed by atoms with Crippen LogP contribution in [-0.4, -0.2) is 60.1 Å². The van der Waals surface area contributed by atoms with Crippen molar-refractivity contribution in [1.82, 2.24) is 19.7 Å². The Morgan fingerprint density at radius 3 is 2.58 bits per heavy atom. The first-order valence-corrected chi connectivity index (χ1v) is 11.9. The number of rotatable bonds is 7. The first kappa shape index (κ1) is 23.7. The van der Waals surface area contributed by atoms with E-state index < -0.39 is 0 Å². The van der Waals surface area contributed by atoms with Gasteiger partial charge in [0.1, 0.15) is 5.82 Å². The van der Waals surface area contributed by atoms with E-state index in [0.29, 0.717) is 23.3 Å². The Morgan fingerprint density at radius 2 is 1.86 bits per heavy atom. The SMILES string of the molecule is COC1CCN(n2cn[n+](-c3ccc(Nc4nccc(-c5cc(F)cc(N(C)C)c5)n4)cc3)c2)CC1. The van der Waals surface area contributed by atoms with Gasteiger partial charge in [-0.2, -0.15) is 0 Å². The number of ether oxygens (including phenoxy) is 1. The molecule has 0 radical (unpaired) electrons. The molecule has 0 aliphatic carbocycles. The maximum absolute atomic E-state index is 14.1. The summed E-state index contributed by atoms with van der Waals surface area (Å²) in [6.07, 6.45) is 7.82. The molecule has 9 nitrogen and oxygen atoms in total. The molecule has 2 aromatic heterocycles. The highest BCUT2D eigenvalue weighted by Gasteiger charge is 2.23. The van der Waals surface area contributed by atoms with Crippen LogP contribution < -0.4 is 19.9 Å². The van der Waals surface area contributed by atoms with E-state index in [9.17, 15) is 4.39 Å². The number of benzene rings is 2. The van der Waals surface area contributed by atoms with Gasteiger partial charge in [-0.05, 0) is 66.5 Å². The smallest absolute Gasteiger partial charge is 0.295 e. The molecule has 0 spiro atoms. The number of nitrogens with one attached hydrogen (secondary N) is 1. The molecule has 1 aliphatic heterocycles. The second-order valence-electron chi connectivity index (χ2n) is 8.99. The summed E-state index contributed by atoms with van der Waals surface area (Å²) < 4.78 is 23.5. The topological polar surface area (TPSA) is 75.2 Å². The molecule has 1 N–H and O–H groups in total. The van der Waals surface area contributed by atoms with Gasteiger partial charge < -0.3 is 15.0 Å². The van der Waals surface area contributed by atoms with Gasteiger partial charge in [0.25, 0.3) is 6.33 Å². The Bertz CT molecular complexity index is 1320. The molecule has 0 saturated carbocycles. The summed E-state index contributed by atoms with van der Waals surface area (Å²) >= 11 is 0. The normalized spacial score (nSPS) is 14.2. The van der Waals surface area contributed by atoms with Crippen molar-refractivity contribution < 1.29 is 13.8 Å². The highest BCUT2D eigenvalue weighted by Crippen LogP contribution is 2.25. The van der Waals surface area contributed by atoms with Gasteiger partial charge in [0.15, 0.2) is 5.69 Å². The Labute approximate surface area is 209 Å². The molecule has 1 saturated heterocycles. The number of aromatic nitrogens is 5. The van der Waals surface area contributed by atoms with Gasteiger partial charge in [-0.15, -0.1) is 4.68 Å². The Balaban J connectivity index is 1.28. The summed E-state index contributed by atoms with van der Waals surface area (Å²) in [5.41, 5.74) is 3.89. The highest BCUT2D eigenvalue weighted by atomic mass is 19.1. The van der Waals surface area contributed by atoms with Gasteiger partial charge in [-0.1, -0.05) is 4.68 Å². The lowest BCUT2D eigenvalue weighted by Gasteiger charge is -2.28. The zero-order valence-corrected chi connectivity index (χ0v) is 20.7. The molecule has 1 fully saturated rings. The van der Waals surface area contributed by atoms with Crippen LogP contribution in [0.2, 0.25) is 0 Å². The van der Waals surface area contributed by atoms with Gasteiger partial charge >= 0.3 is 0 Å². The number of halogens is 1. The third-order valence-corrected chi connectivity index (χ3v) is 6.34. The number of anilines is 3. The molecule has 0 atom stereocenters. The van der Waals surface area contributed by atoms with Crippen molar-refractivity contribution in [3.8, 4) is 16.9 Å². The van der Waals surface area contributed by atoms with Gasteiger partial charge in [0.2, 0.25) is 12.3 Å². The first-order chi connectivity index (χ1) is 17.5. The predicted octanol–water partition coefficient (Wildman–Crippen LogP) is 3.31. The summed E-state index contributed by atoms with van der Waals surface area (Å²) in [6.45, 7) is 1.87. The molecule has 186 valence electrons. The second-order valence-corrected chi connectivity index (χ2v) is 8.99. The minimum Gasteiger partial charge on any atom is -0.381 e. The molecule has 3 heterocycles. The zero-order chi connectivity index (χ0) is 25.1. The average molecular weight is 490 g/mol. The highest BCUT2D eigenvalue weighted by molar-refractivity contribution is 5.67. The van der Waals surface area contributed by atoms with Crippen molar-refractivity contribution >= 4 is 17.3 Å². The van der Waals surface area contributed by atoms with E-state index in [1.54, 1.807) is 19.4 Å². The van der Waals surface area contributed by atoms with E-state index in [-0.39, 0.29) is 5.82 Å². The maximum atomic E-state index is 14.1. The third kappa shape index (κ3) is 5.28. The molecule has 10 heteroatoms. The van der Waals surface area contributed by atoms with Crippen LogP contribution in [0.3, 0.4) is 0 Å². The minimum absolute atomic E-state index is 0.306. The van der Waals surface area contributed by atoms with E-state index in [1.165, 1.54) is 12.1 Å². The van der Waals surface area contributed by atoms with E-state index in [1.807, 2.05) is 71.3 Å². The molecule has 5 rings (SSSR count). The molecular weight excluding hydrogens is 459 g/mol. The zero-order valence-electron chi connectivity index (χ0n) is 20.7. The fourth-order valence-corrected chi connectivity index (χ4v) is 4.25. The van der Waals surface area contributed by atoms with Crippen molar-refractivity contribution in [3.63, 3.8) is 0 Å². The Kier molecular flexibility index (Phi) is 6.77. The second kappa shape index (κ2) is 10.3. The molecular formula is C26H30FN8O+. The summed E-state index contributed by atoms with van der Waals surface area (Å²) in [6, 6.07) is 14.5. The fraction of sp³-hybridized carbons (Fsp3) is 0.308. The van der Waals surface area contributed by atoms with Gasteiger partial charge in [-0.3, -0.25) is 0 Å². The summed E-state index contributed by atoms with van der Waals surface area (Å²) in [4.78, 5) is 10.8. The summed E-state index contributed by atoms with van der Waals surface area (Å²) in [5, 5.41) is 10.0. The van der Waals surface area contributed by atoms with E-state index >= 15 is 0 Å². The lowest BCUT2D eigenvalue weighted by atomic mass is 10.1. The number of hydrogen-bond acceptors (Lipinski definition) is 7. The molecule has 36 heavy (non-hydrogen) atoms. The summed E-state index contributed by atoms with van der Waals surface area (Å²) in [7, 11) is 5.53.